The predicted molar refractivity (Wildman–Crippen MR) is 81.5 cm³/mol. The summed E-state index contributed by atoms with van der Waals surface area (Å²) in [5, 5.41) is 1.13. The molecule has 0 saturated carbocycles. The monoisotopic (exact) mass is 284 g/mol. The Morgan fingerprint density at radius 2 is 1.95 bits per heavy atom. The molecule has 108 valence electrons. The average molecular weight is 284 g/mol. The zero-order valence-corrected chi connectivity index (χ0v) is 11.8. The highest BCUT2D eigenvalue weighted by molar-refractivity contribution is 5.82. The molecule has 0 radical (unpaired) electrons. The summed E-state index contributed by atoms with van der Waals surface area (Å²) in [6.45, 7) is 0.840. The highest BCUT2D eigenvalue weighted by Gasteiger charge is 2.08. The van der Waals surface area contributed by atoms with Crippen molar-refractivity contribution in [2.75, 3.05) is 0 Å². The van der Waals surface area contributed by atoms with Crippen molar-refractivity contribution < 1.29 is 9.13 Å². The van der Waals surface area contributed by atoms with Crippen molar-refractivity contribution in [3.8, 4) is 5.75 Å². The molecule has 4 heteroatoms. The number of hydrogen-bond donors (Lipinski definition) is 1. The number of para-hydroxylation sites is 1. The smallest absolute Gasteiger partial charge is 0.165 e. The zero-order chi connectivity index (χ0) is 14.8. The van der Waals surface area contributed by atoms with Crippen molar-refractivity contribution in [2.45, 2.75) is 13.2 Å². The number of nitrogens with zero attached hydrogens (tertiary/aromatic N) is 1. The summed E-state index contributed by atoms with van der Waals surface area (Å²) in [7, 11) is 1.97. The molecule has 0 fully saturated rings. The van der Waals surface area contributed by atoms with Crippen molar-refractivity contribution in [3.05, 3.63) is 65.6 Å². The molecule has 0 bridgehead atoms. The Kier molecular flexibility index (Phi) is 3.62. The van der Waals surface area contributed by atoms with Gasteiger partial charge < -0.3 is 15.0 Å². The molecular weight excluding hydrogens is 267 g/mol. The van der Waals surface area contributed by atoms with Gasteiger partial charge in [0.2, 0.25) is 0 Å². The minimum absolute atomic E-state index is 0.269. The summed E-state index contributed by atoms with van der Waals surface area (Å²) in [5.74, 6) is -0.0768. The fourth-order valence-corrected chi connectivity index (χ4v) is 2.41. The van der Waals surface area contributed by atoms with Gasteiger partial charge in [-0.15, -0.1) is 0 Å². The Morgan fingerprint density at radius 3 is 2.71 bits per heavy atom. The van der Waals surface area contributed by atoms with E-state index >= 15 is 0 Å². The first-order valence-corrected chi connectivity index (χ1v) is 6.83. The number of halogens is 1. The number of rotatable bonds is 4. The Labute approximate surface area is 122 Å². The summed E-state index contributed by atoms with van der Waals surface area (Å²) in [5.41, 5.74) is 8.85. The highest BCUT2D eigenvalue weighted by Crippen LogP contribution is 2.22. The van der Waals surface area contributed by atoms with Crippen molar-refractivity contribution in [3.63, 3.8) is 0 Å². The number of ether oxygens (including phenoxy) is 1. The Morgan fingerprint density at radius 1 is 1.14 bits per heavy atom. The van der Waals surface area contributed by atoms with Crippen LogP contribution in [0.2, 0.25) is 0 Å². The van der Waals surface area contributed by atoms with Crippen LogP contribution in [0.1, 0.15) is 11.3 Å². The molecular formula is C17H17FN2O. The largest absolute Gasteiger partial charge is 0.484 e. The topological polar surface area (TPSA) is 40.2 Å². The summed E-state index contributed by atoms with van der Waals surface area (Å²) in [4.78, 5) is 0. The van der Waals surface area contributed by atoms with Gasteiger partial charge >= 0.3 is 0 Å². The predicted octanol–water partition coefficient (Wildman–Crippen LogP) is 3.36. The van der Waals surface area contributed by atoms with Crippen LogP contribution in [0.25, 0.3) is 10.9 Å². The van der Waals surface area contributed by atoms with Gasteiger partial charge in [-0.05, 0) is 35.2 Å². The van der Waals surface area contributed by atoms with Crippen LogP contribution in [0.5, 0.6) is 5.75 Å². The van der Waals surface area contributed by atoms with Crippen LogP contribution in [0.3, 0.4) is 0 Å². The van der Waals surface area contributed by atoms with E-state index in [9.17, 15) is 4.39 Å². The number of fused-ring (bicyclic) bond motifs is 1. The van der Waals surface area contributed by atoms with Crippen LogP contribution in [-0.2, 0) is 20.2 Å². The standard InChI is InChI=1S/C17H17FN2O/c1-20-14(11-21-17-5-3-2-4-15(17)18)9-13-7-6-12(10-19)8-16(13)20/h2-9H,10-11,19H2,1H3. The van der Waals surface area contributed by atoms with E-state index in [0.717, 1.165) is 22.2 Å². The lowest BCUT2D eigenvalue weighted by molar-refractivity contribution is 0.283. The van der Waals surface area contributed by atoms with Gasteiger partial charge in [-0.25, -0.2) is 4.39 Å². The van der Waals surface area contributed by atoms with Crippen molar-refractivity contribution in [2.24, 2.45) is 12.8 Å². The summed E-state index contributed by atoms with van der Waals surface area (Å²) in [6, 6.07) is 14.6. The molecule has 3 nitrogen and oxygen atoms in total. The molecule has 21 heavy (non-hydrogen) atoms. The van der Waals surface area contributed by atoms with Gasteiger partial charge in [0.05, 0.1) is 5.69 Å². The fourth-order valence-electron chi connectivity index (χ4n) is 2.41. The first-order valence-electron chi connectivity index (χ1n) is 6.83. The van der Waals surface area contributed by atoms with Gasteiger partial charge in [0.25, 0.3) is 0 Å². The van der Waals surface area contributed by atoms with Crippen LogP contribution < -0.4 is 10.5 Å². The summed E-state index contributed by atoms with van der Waals surface area (Å²) >= 11 is 0. The van der Waals surface area contributed by atoms with Crippen molar-refractivity contribution in [1.29, 1.82) is 0 Å². The third-order valence-electron chi connectivity index (χ3n) is 3.66. The molecule has 1 heterocycles. The molecule has 0 amide bonds. The lowest BCUT2D eigenvalue weighted by Gasteiger charge is -2.08. The summed E-state index contributed by atoms with van der Waals surface area (Å²) in [6.07, 6.45) is 0. The van der Waals surface area contributed by atoms with Gasteiger partial charge in [-0.1, -0.05) is 24.3 Å². The number of hydrogen-bond acceptors (Lipinski definition) is 2. The van der Waals surface area contributed by atoms with E-state index in [1.54, 1.807) is 18.2 Å². The first kappa shape index (κ1) is 13.6. The molecule has 2 N–H and O–H groups in total. The SMILES string of the molecule is Cn1c(COc2ccccc2F)cc2ccc(CN)cc21. The second-order valence-corrected chi connectivity index (χ2v) is 5.01. The van der Waals surface area contributed by atoms with Crippen molar-refractivity contribution >= 4 is 10.9 Å². The molecule has 0 unspecified atom stereocenters. The lowest BCUT2D eigenvalue weighted by atomic mass is 10.1. The molecule has 0 aliphatic rings. The Hall–Kier alpha value is -2.33. The molecule has 3 rings (SSSR count). The number of aryl methyl sites for hydroxylation is 1. The molecule has 0 aliphatic carbocycles. The summed E-state index contributed by atoms with van der Waals surface area (Å²) < 4.78 is 21.2. The van der Waals surface area contributed by atoms with Crippen LogP contribution in [0, 0.1) is 5.82 Å². The third kappa shape index (κ3) is 2.62. The van der Waals surface area contributed by atoms with Crippen molar-refractivity contribution in [1.82, 2.24) is 4.57 Å². The van der Waals surface area contributed by atoms with Gasteiger partial charge in [-0.2, -0.15) is 0 Å². The van der Waals surface area contributed by atoms with Crippen LogP contribution in [0.15, 0.2) is 48.5 Å². The van der Waals surface area contributed by atoms with Gasteiger partial charge in [0, 0.05) is 19.1 Å². The van der Waals surface area contributed by atoms with E-state index in [2.05, 4.69) is 16.7 Å². The van der Waals surface area contributed by atoms with Crippen LogP contribution in [-0.4, -0.2) is 4.57 Å². The molecule has 0 atom stereocenters. The number of benzene rings is 2. The zero-order valence-electron chi connectivity index (χ0n) is 11.8. The molecule has 3 aromatic rings. The molecule has 0 aliphatic heterocycles. The van der Waals surface area contributed by atoms with Gasteiger partial charge in [0.1, 0.15) is 6.61 Å². The fraction of sp³-hybridized carbons (Fsp3) is 0.176. The minimum Gasteiger partial charge on any atom is -0.484 e. The minimum atomic E-state index is -0.346. The van der Waals surface area contributed by atoms with Gasteiger partial charge in [0.15, 0.2) is 11.6 Å². The normalized spacial score (nSPS) is 11.0. The van der Waals surface area contributed by atoms with E-state index in [1.165, 1.54) is 6.07 Å². The van der Waals surface area contributed by atoms with Gasteiger partial charge in [-0.3, -0.25) is 0 Å². The third-order valence-corrected chi connectivity index (χ3v) is 3.66. The highest BCUT2D eigenvalue weighted by atomic mass is 19.1. The molecule has 0 spiro atoms. The van der Waals surface area contributed by atoms with E-state index in [4.69, 9.17) is 10.5 Å². The number of aromatic nitrogens is 1. The quantitative estimate of drug-likeness (QED) is 0.798. The lowest BCUT2D eigenvalue weighted by Crippen LogP contribution is -2.03. The van der Waals surface area contributed by atoms with E-state index in [0.29, 0.717) is 13.2 Å². The number of nitrogens with two attached hydrogens (primary N) is 1. The Balaban J connectivity index is 1.87. The maximum atomic E-state index is 13.6. The van der Waals surface area contributed by atoms with E-state index < -0.39 is 0 Å². The second kappa shape index (κ2) is 5.58. The molecule has 2 aromatic carbocycles. The Bertz CT molecular complexity index is 780. The maximum Gasteiger partial charge on any atom is 0.165 e. The van der Waals surface area contributed by atoms with E-state index in [-0.39, 0.29) is 11.6 Å². The first-order chi connectivity index (χ1) is 10.2. The average Bonchev–Trinajstić information content (AvgIpc) is 2.82. The molecule has 1 aromatic heterocycles. The van der Waals surface area contributed by atoms with E-state index in [1.807, 2.05) is 19.2 Å². The van der Waals surface area contributed by atoms with Crippen LogP contribution >= 0.6 is 0 Å². The van der Waals surface area contributed by atoms with Crippen LogP contribution in [0.4, 0.5) is 4.39 Å². The maximum absolute atomic E-state index is 13.6. The molecule has 0 saturated heterocycles. The second-order valence-electron chi connectivity index (χ2n) is 5.01.